The normalized spacial score (nSPS) is 17.4. The first-order valence-electron chi connectivity index (χ1n) is 7.56. The molecule has 1 aromatic carbocycles. The number of rotatable bonds is 5. The minimum absolute atomic E-state index is 0.0598. The summed E-state index contributed by atoms with van der Waals surface area (Å²) in [6.07, 6.45) is 4.86. The van der Waals surface area contributed by atoms with Crippen LogP contribution in [0.25, 0.3) is 0 Å². The second-order valence-electron chi connectivity index (χ2n) is 6.13. The molecule has 6 nitrogen and oxygen atoms in total. The van der Waals surface area contributed by atoms with Crippen LogP contribution in [0.4, 0.5) is 0 Å². The van der Waals surface area contributed by atoms with Crippen molar-refractivity contribution >= 4 is 21.7 Å². The van der Waals surface area contributed by atoms with Crippen molar-refractivity contribution in [3.63, 3.8) is 0 Å². The molecular formula is C16H21NO5S. The molecular weight excluding hydrogens is 318 g/mol. The molecule has 0 atom stereocenters. The Kier molecular flexibility index (Phi) is 5.09. The molecule has 0 heterocycles. The fraction of sp³-hybridized carbons (Fsp3) is 0.500. The molecule has 0 aromatic heterocycles. The Balaban J connectivity index is 2.11. The van der Waals surface area contributed by atoms with E-state index in [1.807, 2.05) is 0 Å². The van der Waals surface area contributed by atoms with Gasteiger partial charge in [-0.2, -0.15) is 0 Å². The predicted octanol–water partition coefficient (Wildman–Crippen LogP) is 1.85. The number of benzene rings is 1. The average Bonchev–Trinajstić information content (AvgIpc) is 2.52. The minimum Gasteiger partial charge on any atom is -0.481 e. The largest absolute Gasteiger partial charge is 0.481 e. The van der Waals surface area contributed by atoms with E-state index in [-0.39, 0.29) is 17.0 Å². The first-order valence-corrected chi connectivity index (χ1v) is 9.45. The van der Waals surface area contributed by atoms with Gasteiger partial charge in [-0.25, -0.2) is 8.42 Å². The third-order valence-electron chi connectivity index (χ3n) is 4.38. The lowest BCUT2D eigenvalue weighted by Crippen LogP contribution is -2.44. The molecule has 23 heavy (non-hydrogen) atoms. The van der Waals surface area contributed by atoms with Gasteiger partial charge in [-0.05, 0) is 31.0 Å². The van der Waals surface area contributed by atoms with Crippen LogP contribution in [-0.4, -0.2) is 38.2 Å². The predicted molar refractivity (Wildman–Crippen MR) is 85.0 cm³/mol. The van der Waals surface area contributed by atoms with E-state index in [9.17, 15) is 23.1 Å². The fourth-order valence-corrected chi connectivity index (χ4v) is 3.58. The molecule has 0 aliphatic heterocycles. The number of hydrogen-bond acceptors (Lipinski definition) is 4. The molecule has 0 spiro atoms. The zero-order valence-corrected chi connectivity index (χ0v) is 13.9. The molecule has 1 aromatic rings. The summed E-state index contributed by atoms with van der Waals surface area (Å²) in [5, 5.41) is 12.1. The summed E-state index contributed by atoms with van der Waals surface area (Å²) in [4.78, 5) is 23.9. The highest BCUT2D eigenvalue weighted by Gasteiger charge is 2.39. The maximum absolute atomic E-state index is 12.2. The number of carbonyl (C=O) groups is 2. The Bertz CT molecular complexity index is 705. The molecule has 0 saturated heterocycles. The van der Waals surface area contributed by atoms with E-state index in [0.717, 1.165) is 25.5 Å². The van der Waals surface area contributed by atoms with Gasteiger partial charge in [-0.3, -0.25) is 9.59 Å². The molecule has 126 valence electrons. The van der Waals surface area contributed by atoms with E-state index >= 15 is 0 Å². The van der Waals surface area contributed by atoms with Gasteiger partial charge in [-0.1, -0.05) is 25.3 Å². The van der Waals surface area contributed by atoms with Crippen LogP contribution < -0.4 is 5.32 Å². The van der Waals surface area contributed by atoms with Crippen molar-refractivity contribution < 1.29 is 23.1 Å². The van der Waals surface area contributed by atoms with Crippen molar-refractivity contribution in [3.8, 4) is 0 Å². The lowest BCUT2D eigenvalue weighted by atomic mass is 9.74. The van der Waals surface area contributed by atoms with E-state index in [0.29, 0.717) is 12.8 Å². The van der Waals surface area contributed by atoms with Crippen molar-refractivity contribution in [2.45, 2.75) is 37.0 Å². The molecule has 1 aliphatic carbocycles. The number of carboxylic acid groups (broad SMARTS) is 1. The molecule has 1 fully saturated rings. The lowest BCUT2D eigenvalue weighted by molar-refractivity contribution is -0.150. The monoisotopic (exact) mass is 339 g/mol. The Morgan fingerprint density at radius 1 is 1.22 bits per heavy atom. The van der Waals surface area contributed by atoms with Crippen molar-refractivity contribution in [1.82, 2.24) is 5.32 Å². The summed E-state index contributed by atoms with van der Waals surface area (Å²) < 4.78 is 23.1. The smallest absolute Gasteiger partial charge is 0.311 e. The van der Waals surface area contributed by atoms with E-state index < -0.39 is 27.1 Å². The summed E-state index contributed by atoms with van der Waals surface area (Å²) in [7, 11) is -3.39. The van der Waals surface area contributed by atoms with Crippen molar-refractivity contribution in [1.29, 1.82) is 0 Å². The first kappa shape index (κ1) is 17.5. The van der Waals surface area contributed by atoms with Crippen LogP contribution in [0.3, 0.4) is 0 Å². The maximum atomic E-state index is 12.2. The van der Waals surface area contributed by atoms with Crippen LogP contribution in [0.1, 0.15) is 42.5 Å². The van der Waals surface area contributed by atoms with E-state index in [1.165, 1.54) is 24.3 Å². The van der Waals surface area contributed by atoms with Crippen molar-refractivity contribution in [2.24, 2.45) is 5.41 Å². The van der Waals surface area contributed by atoms with Gasteiger partial charge >= 0.3 is 5.97 Å². The van der Waals surface area contributed by atoms with Crippen LogP contribution >= 0.6 is 0 Å². The number of carboxylic acids is 1. The third kappa shape index (κ3) is 4.10. The first-order chi connectivity index (χ1) is 10.7. The molecule has 0 bridgehead atoms. The fourth-order valence-electron chi connectivity index (χ4n) is 2.91. The van der Waals surface area contributed by atoms with Gasteiger partial charge in [0.2, 0.25) is 0 Å². The summed E-state index contributed by atoms with van der Waals surface area (Å²) in [6.45, 7) is 0.0598. The molecule has 0 radical (unpaired) electrons. The van der Waals surface area contributed by atoms with Gasteiger partial charge < -0.3 is 10.4 Å². The minimum atomic E-state index is -3.39. The Hall–Kier alpha value is -1.89. The van der Waals surface area contributed by atoms with Gasteiger partial charge in [0.25, 0.3) is 5.91 Å². The SMILES string of the molecule is CS(=O)(=O)c1cccc(C(=O)NCC2(C(=O)O)CCCCC2)c1. The van der Waals surface area contributed by atoms with E-state index in [2.05, 4.69) is 5.32 Å². The number of amides is 1. The summed E-state index contributed by atoms with van der Waals surface area (Å²) >= 11 is 0. The van der Waals surface area contributed by atoms with Gasteiger partial charge in [0.05, 0.1) is 10.3 Å². The van der Waals surface area contributed by atoms with Gasteiger partial charge in [0, 0.05) is 18.4 Å². The standard InChI is InChI=1S/C16H21NO5S/c1-23(21,22)13-7-5-6-12(10-13)14(18)17-11-16(15(19)20)8-3-2-4-9-16/h5-7,10H,2-4,8-9,11H2,1H3,(H,17,18)(H,19,20). The van der Waals surface area contributed by atoms with Crippen LogP contribution in [0, 0.1) is 5.41 Å². The lowest BCUT2D eigenvalue weighted by Gasteiger charge is -2.33. The number of aliphatic carboxylic acids is 1. The second-order valence-corrected chi connectivity index (χ2v) is 8.14. The Morgan fingerprint density at radius 2 is 1.87 bits per heavy atom. The quantitative estimate of drug-likeness (QED) is 0.853. The molecule has 7 heteroatoms. The average molecular weight is 339 g/mol. The highest BCUT2D eigenvalue weighted by molar-refractivity contribution is 7.90. The molecule has 2 N–H and O–H groups in total. The highest BCUT2D eigenvalue weighted by Crippen LogP contribution is 2.36. The van der Waals surface area contributed by atoms with Crippen LogP contribution in [0.5, 0.6) is 0 Å². The number of carbonyl (C=O) groups excluding carboxylic acids is 1. The molecule has 1 aliphatic rings. The zero-order valence-electron chi connectivity index (χ0n) is 13.0. The van der Waals surface area contributed by atoms with E-state index in [1.54, 1.807) is 0 Å². The van der Waals surface area contributed by atoms with Crippen LogP contribution in [-0.2, 0) is 14.6 Å². The third-order valence-corrected chi connectivity index (χ3v) is 5.49. The molecule has 1 saturated carbocycles. The topological polar surface area (TPSA) is 101 Å². The van der Waals surface area contributed by atoms with Gasteiger partial charge in [0.15, 0.2) is 9.84 Å². The van der Waals surface area contributed by atoms with Crippen LogP contribution in [0.15, 0.2) is 29.2 Å². The van der Waals surface area contributed by atoms with E-state index in [4.69, 9.17) is 0 Å². The second kappa shape index (κ2) is 6.70. The molecule has 2 rings (SSSR count). The maximum Gasteiger partial charge on any atom is 0.311 e. The summed E-state index contributed by atoms with van der Waals surface area (Å²) in [5.41, 5.74) is -0.702. The number of sulfone groups is 1. The van der Waals surface area contributed by atoms with Gasteiger partial charge in [-0.15, -0.1) is 0 Å². The van der Waals surface area contributed by atoms with Crippen molar-refractivity contribution in [2.75, 3.05) is 12.8 Å². The molecule has 0 unspecified atom stereocenters. The Labute approximate surface area is 135 Å². The summed E-state index contributed by atoms with van der Waals surface area (Å²) in [6, 6.07) is 5.74. The molecule has 1 amide bonds. The summed E-state index contributed by atoms with van der Waals surface area (Å²) in [5.74, 6) is -1.34. The number of hydrogen-bond donors (Lipinski definition) is 2. The Morgan fingerprint density at radius 3 is 2.43 bits per heavy atom. The number of nitrogens with one attached hydrogen (secondary N) is 1. The van der Waals surface area contributed by atoms with Crippen LogP contribution in [0.2, 0.25) is 0 Å². The van der Waals surface area contributed by atoms with Gasteiger partial charge in [0.1, 0.15) is 0 Å². The van der Waals surface area contributed by atoms with Crippen molar-refractivity contribution in [3.05, 3.63) is 29.8 Å². The highest BCUT2D eigenvalue weighted by atomic mass is 32.2. The zero-order chi connectivity index (χ0) is 17.1.